The largest absolute Gasteiger partial charge is 0.489 e. The van der Waals surface area contributed by atoms with Crippen LogP contribution in [0.15, 0.2) is 54.7 Å². The Balaban J connectivity index is 1.29. The number of hydrogen-bond acceptors (Lipinski definition) is 5. The quantitative estimate of drug-likeness (QED) is 0.344. The number of halogens is 2. The van der Waals surface area contributed by atoms with Crippen LogP contribution in [0.25, 0.3) is 11.1 Å². The van der Waals surface area contributed by atoms with Gasteiger partial charge in [0.05, 0.1) is 28.4 Å². The lowest BCUT2D eigenvalue weighted by molar-refractivity contribution is -0.138. The number of amides is 2. The van der Waals surface area contributed by atoms with Crippen LogP contribution in [0.4, 0.5) is 10.1 Å². The number of rotatable bonds is 8. The van der Waals surface area contributed by atoms with Gasteiger partial charge in [0.2, 0.25) is 5.91 Å². The molecular weight excluding hydrogens is 561 g/mol. The molecule has 0 bridgehead atoms. The van der Waals surface area contributed by atoms with Gasteiger partial charge in [0.15, 0.2) is 0 Å². The Morgan fingerprint density at radius 2 is 1.90 bits per heavy atom. The van der Waals surface area contributed by atoms with E-state index < -0.39 is 23.8 Å². The molecule has 2 aromatic carbocycles. The fraction of sp³-hybridized carbons (Fsp3) is 0.375. The van der Waals surface area contributed by atoms with Gasteiger partial charge < -0.3 is 19.6 Å². The minimum Gasteiger partial charge on any atom is -0.489 e. The SMILES string of the molecule is CCC1Cc2ncc(Cl)cc2N(C2CCN(C(=O)c3ccc(-c4ccccc4O[C@H](C)CC(=O)O)cc3F)CC2)C1=O. The molecule has 2 aliphatic heterocycles. The minimum atomic E-state index is -0.975. The zero-order valence-electron chi connectivity index (χ0n) is 23.6. The van der Waals surface area contributed by atoms with Crippen LogP contribution in [0.1, 0.15) is 55.6 Å². The van der Waals surface area contributed by atoms with Gasteiger partial charge in [0.25, 0.3) is 5.91 Å². The first-order valence-electron chi connectivity index (χ1n) is 14.2. The molecule has 0 spiro atoms. The molecule has 1 aromatic heterocycles. The highest BCUT2D eigenvalue weighted by atomic mass is 35.5. The van der Waals surface area contributed by atoms with Gasteiger partial charge in [-0.05, 0) is 56.0 Å². The molecular formula is C32H33ClFN3O5. The van der Waals surface area contributed by atoms with Crippen molar-refractivity contribution < 1.29 is 28.6 Å². The number of likely N-dealkylation sites (tertiary alicyclic amines) is 1. The Bertz CT molecular complexity index is 1510. The van der Waals surface area contributed by atoms with Crippen LogP contribution in [0.5, 0.6) is 5.75 Å². The van der Waals surface area contributed by atoms with Gasteiger partial charge in [0, 0.05) is 43.2 Å². The Morgan fingerprint density at radius 3 is 2.60 bits per heavy atom. The second kappa shape index (κ2) is 12.5. The highest BCUT2D eigenvalue weighted by Crippen LogP contribution is 2.37. The van der Waals surface area contributed by atoms with E-state index in [0.29, 0.717) is 60.7 Å². The molecule has 10 heteroatoms. The summed E-state index contributed by atoms with van der Waals surface area (Å²) in [6, 6.07) is 13.1. The van der Waals surface area contributed by atoms with E-state index in [1.165, 1.54) is 12.1 Å². The van der Waals surface area contributed by atoms with E-state index >= 15 is 4.39 Å². The first-order chi connectivity index (χ1) is 20.2. The maximum Gasteiger partial charge on any atom is 0.307 e. The molecule has 220 valence electrons. The predicted octanol–water partition coefficient (Wildman–Crippen LogP) is 6.00. The lowest BCUT2D eigenvalue weighted by Crippen LogP contribution is -2.52. The summed E-state index contributed by atoms with van der Waals surface area (Å²) in [6.07, 6.45) is 3.26. The highest BCUT2D eigenvalue weighted by Gasteiger charge is 2.39. The van der Waals surface area contributed by atoms with Crippen molar-refractivity contribution in [1.82, 2.24) is 9.88 Å². The van der Waals surface area contributed by atoms with Crippen LogP contribution in [-0.4, -0.2) is 58.0 Å². The number of carbonyl (C=O) groups excluding carboxylic acids is 2. The van der Waals surface area contributed by atoms with E-state index in [1.54, 1.807) is 54.4 Å². The number of aromatic nitrogens is 1. The van der Waals surface area contributed by atoms with Gasteiger partial charge in [-0.15, -0.1) is 0 Å². The van der Waals surface area contributed by atoms with E-state index in [9.17, 15) is 14.4 Å². The smallest absolute Gasteiger partial charge is 0.307 e. The van der Waals surface area contributed by atoms with Crippen molar-refractivity contribution in [3.63, 3.8) is 0 Å². The second-order valence-corrected chi connectivity index (χ2v) is 11.3. The Labute approximate surface area is 249 Å². The first kappa shape index (κ1) is 29.5. The van der Waals surface area contributed by atoms with Crippen LogP contribution in [0.3, 0.4) is 0 Å². The maximum absolute atomic E-state index is 15.4. The molecule has 1 fully saturated rings. The molecule has 0 aliphatic carbocycles. The fourth-order valence-electron chi connectivity index (χ4n) is 5.82. The zero-order valence-corrected chi connectivity index (χ0v) is 24.3. The van der Waals surface area contributed by atoms with Crippen LogP contribution in [0, 0.1) is 11.7 Å². The normalized spacial score (nSPS) is 18.0. The third-order valence-corrected chi connectivity index (χ3v) is 8.20. The van der Waals surface area contributed by atoms with Gasteiger partial charge >= 0.3 is 5.97 Å². The average molecular weight is 594 g/mol. The summed E-state index contributed by atoms with van der Waals surface area (Å²) < 4.78 is 21.2. The van der Waals surface area contributed by atoms with E-state index in [1.807, 2.05) is 11.8 Å². The van der Waals surface area contributed by atoms with Gasteiger partial charge in [-0.25, -0.2) is 4.39 Å². The van der Waals surface area contributed by atoms with Crippen molar-refractivity contribution in [1.29, 1.82) is 0 Å². The molecule has 8 nitrogen and oxygen atoms in total. The molecule has 1 saturated heterocycles. The number of para-hydroxylation sites is 1. The summed E-state index contributed by atoms with van der Waals surface area (Å²) in [5, 5.41) is 9.52. The van der Waals surface area contributed by atoms with Gasteiger partial charge in [0.1, 0.15) is 17.7 Å². The van der Waals surface area contributed by atoms with E-state index in [4.69, 9.17) is 21.4 Å². The third-order valence-electron chi connectivity index (χ3n) is 8.00. The van der Waals surface area contributed by atoms with Gasteiger partial charge in [-0.1, -0.05) is 42.8 Å². The molecule has 1 unspecified atom stereocenters. The number of hydrogen-bond donors (Lipinski definition) is 1. The topological polar surface area (TPSA) is 100 Å². The molecule has 42 heavy (non-hydrogen) atoms. The van der Waals surface area contributed by atoms with Crippen molar-refractivity contribution >= 4 is 35.1 Å². The first-order valence-corrected chi connectivity index (χ1v) is 14.6. The number of carbonyl (C=O) groups is 3. The van der Waals surface area contributed by atoms with Crippen LogP contribution in [0.2, 0.25) is 5.02 Å². The number of nitrogens with zero attached hydrogens (tertiary/aromatic N) is 3. The summed E-state index contributed by atoms with van der Waals surface area (Å²) in [5.74, 6) is -1.69. The number of anilines is 1. The van der Waals surface area contributed by atoms with Crippen molar-refractivity contribution in [2.45, 2.75) is 58.1 Å². The second-order valence-electron chi connectivity index (χ2n) is 10.9. The molecule has 0 radical (unpaired) electrons. The molecule has 5 rings (SSSR count). The van der Waals surface area contributed by atoms with E-state index in [2.05, 4.69) is 4.98 Å². The third kappa shape index (κ3) is 6.11. The number of fused-ring (bicyclic) bond motifs is 1. The Hall–Kier alpha value is -3.98. The lowest BCUT2D eigenvalue weighted by atomic mass is 9.90. The standard InChI is InChI=1S/C32H33ClFN3O5/c1-3-20-16-27-28(17-22(33)18-35-27)37(31(20)40)23-10-12-36(13-11-23)32(41)25-9-8-21(15-26(25)34)24-6-4-5-7-29(24)42-19(2)14-30(38)39/h4-9,15,17-20,23H,3,10-14,16H2,1-2H3,(H,38,39)/t19-,20?/m1/s1. The van der Waals surface area contributed by atoms with Gasteiger partial charge in [-0.3, -0.25) is 19.4 Å². The van der Waals surface area contributed by atoms with E-state index in [-0.39, 0.29) is 29.9 Å². The summed E-state index contributed by atoms with van der Waals surface area (Å²) in [5.41, 5.74) is 2.68. The van der Waals surface area contributed by atoms with Crippen LogP contribution >= 0.6 is 11.6 Å². The number of pyridine rings is 1. The zero-order chi connectivity index (χ0) is 30.0. The lowest BCUT2D eigenvalue weighted by Gasteiger charge is -2.42. The number of carboxylic acid groups (broad SMARTS) is 1. The summed E-state index contributed by atoms with van der Waals surface area (Å²) >= 11 is 6.23. The van der Waals surface area contributed by atoms with E-state index in [0.717, 1.165) is 11.4 Å². The minimum absolute atomic E-state index is 0.0312. The molecule has 2 atom stereocenters. The predicted molar refractivity (Wildman–Crippen MR) is 157 cm³/mol. The number of benzene rings is 2. The summed E-state index contributed by atoms with van der Waals surface area (Å²) in [6.45, 7) is 4.42. The monoisotopic (exact) mass is 593 g/mol. The van der Waals surface area contributed by atoms with Crippen molar-refractivity contribution in [3.05, 3.63) is 76.8 Å². The molecule has 3 heterocycles. The molecule has 3 aromatic rings. The van der Waals surface area contributed by atoms with Crippen molar-refractivity contribution in [2.24, 2.45) is 5.92 Å². The van der Waals surface area contributed by atoms with Gasteiger partial charge in [-0.2, -0.15) is 0 Å². The van der Waals surface area contributed by atoms with Crippen molar-refractivity contribution in [2.75, 3.05) is 18.0 Å². The Morgan fingerprint density at radius 1 is 1.17 bits per heavy atom. The molecule has 0 saturated carbocycles. The van der Waals surface area contributed by atoms with Crippen LogP contribution < -0.4 is 9.64 Å². The average Bonchev–Trinajstić information content (AvgIpc) is 2.96. The van der Waals surface area contributed by atoms with Crippen LogP contribution in [-0.2, 0) is 16.0 Å². The highest BCUT2D eigenvalue weighted by molar-refractivity contribution is 6.30. The molecule has 2 amide bonds. The molecule has 1 N–H and O–H groups in total. The fourth-order valence-corrected chi connectivity index (χ4v) is 5.97. The Kier molecular flexibility index (Phi) is 8.77. The van der Waals surface area contributed by atoms with Crippen molar-refractivity contribution in [3.8, 4) is 16.9 Å². The number of carboxylic acids is 1. The summed E-state index contributed by atoms with van der Waals surface area (Å²) in [4.78, 5) is 45.7. The molecule has 2 aliphatic rings. The number of ether oxygens (including phenoxy) is 1. The summed E-state index contributed by atoms with van der Waals surface area (Å²) in [7, 11) is 0. The maximum atomic E-state index is 15.4. The number of aliphatic carboxylic acids is 1. The number of piperidine rings is 1.